The highest BCUT2D eigenvalue weighted by atomic mass is 35.5. The lowest BCUT2D eigenvalue weighted by atomic mass is 10.3. The molecule has 2 amide bonds. The summed E-state index contributed by atoms with van der Waals surface area (Å²) in [6.07, 6.45) is 0. The maximum absolute atomic E-state index is 12.8. The Kier molecular flexibility index (Phi) is 4.88. The molecule has 3 rings (SSSR count). The van der Waals surface area contributed by atoms with Crippen LogP contribution in [0.3, 0.4) is 0 Å². The number of nitrogens with zero attached hydrogens (tertiary/aromatic N) is 2. The van der Waals surface area contributed by atoms with Crippen LogP contribution >= 0.6 is 23.4 Å². The Hall–Kier alpha value is -1.98. The number of amidine groups is 1. The van der Waals surface area contributed by atoms with Gasteiger partial charge in [0.15, 0.2) is 5.17 Å². The number of carbonyl (C=O) groups is 1. The summed E-state index contributed by atoms with van der Waals surface area (Å²) in [5.41, 5.74) is 1.48. The number of para-hydroxylation sites is 1. The Balaban J connectivity index is 1.86. The lowest BCUT2D eigenvalue weighted by molar-refractivity contribution is 0.259. The summed E-state index contributed by atoms with van der Waals surface area (Å²) in [4.78, 5) is 18.9. The Morgan fingerprint density at radius 1 is 1.22 bits per heavy atom. The van der Waals surface area contributed by atoms with Crippen LogP contribution in [0.5, 0.6) is 0 Å². The van der Waals surface area contributed by atoms with Gasteiger partial charge in [-0.15, -0.1) is 0 Å². The average Bonchev–Trinajstić information content (AvgIpc) is 2.97. The second kappa shape index (κ2) is 7.06. The van der Waals surface area contributed by atoms with Gasteiger partial charge in [-0.05, 0) is 36.4 Å². The fourth-order valence-electron chi connectivity index (χ4n) is 2.19. The molecule has 118 valence electrons. The molecule has 0 aliphatic carbocycles. The number of nitrogens with one attached hydrogen (secondary N) is 1. The first-order chi connectivity index (χ1) is 11.1. The number of benzene rings is 2. The number of halogens is 1. The fourth-order valence-corrected chi connectivity index (χ4v) is 3.27. The molecule has 0 saturated carbocycles. The van der Waals surface area contributed by atoms with E-state index in [1.165, 1.54) is 0 Å². The van der Waals surface area contributed by atoms with E-state index >= 15 is 0 Å². The Bertz CT molecular complexity index is 718. The highest BCUT2D eigenvalue weighted by Crippen LogP contribution is 2.28. The molecule has 23 heavy (non-hydrogen) atoms. The van der Waals surface area contributed by atoms with E-state index in [0.29, 0.717) is 16.0 Å². The summed E-state index contributed by atoms with van der Waals surface area (Å²) in [5.74, 6) is 0. The number of rotatable bonds is 2. The molecule has 1 atom stereocenters. The van der Waals surface area contributed by atoms with Crippen molar-refractivity contribution in [3.8, 4) is 0 Å². The highest BCUT2D eigenvalue weighted by molar-refractivity contribution is 8.15. The Morgan fingerprint density at radius 2 is 1.91 bits per heavy atom. The lowest BCUT2D eigenvalue weighted by Gasteiger charge is -2.22. The second-order valence-electron chi connectivity index (χ2n) is 5.16. The number of thioether (sulfide) groups is 1. The first kappa shape index (κ1) is 15.9. The van der Waals surface area contributed by atoms with E-state index in [0.717, 1.165) is 17.4 Å². The largest absolute Gasteiger partial charge is 0.332 e. The third-order valence-electron chi connectivity index (χ3n) is 3.29. The monoisotopic (exact) mass is 345 g/mol. The molecule has 1 N–H and O–H groups in total. The Labute approximate surface area is 144 Å². The molecule has 0 aromatic heterocycles. The van der Waals surface area contributed by atoms with Crippen molar-refractivity contribution in [3.63, 3.8) is 0 Å². The summed E-state index contributed by atoms with van der Waals surface area (Å²) in [6.45, 7) is 2.82. The third kappa shape index (κ3) is 3.86. The minimum absolute atomic E-state index is 0.237. The van der Waals surface area contributed by atoms with E-state index in [1.807, 2.05) is 30.3 Å². The predicted octanol–water partition coefficient (Wildman–Crippen LogP) is 4.87. The molecular formula is C17H16ClN3OS. The van der Waals surface area contributed by atoms with E-state index in [9.17, 15) is 4.79 Å². The van der Waals surface area contributed by atoms with Gasteiger partial charge < -0.3 is 5.32 Å². The fraction of sp³-hybridized carbons (Fsp3) is 0.176. The summed E-state index contributed by atoms with van der Waals surface area (Å²) in [5, 5.41) is 4.62. The van der Waals surface area contributed by atoms with Gasteiger partial charge >= 0.3 is 6.03 Å². The van der Waals surface area contributed by atoms with Crippen molar-refractivity contribution in [2.45, 2.75) is 12.2 Å². The molecule has 0 spiro atoms. The Morgan fingerprint density at radius 3 is 2.52 bits per heavy atom. The molecule has 0 saturated heterocycles. The lowest BCUT2D eigenvalue weighted by Crippen LogP contribution is -2.38. The topological polar surface area (TPSA) is 44.7 Å². The van der Waals surface area contributed by atoms with Gasteiger partial charge in [0, 0.05) is 16.0 Å². The van der Waals surface area contributed by atoms with Gasteiger partial charge in [-0.2, -0.15) is 0 Å². The molecule has 0 radical (unpaired) electrons. The van der Waals surface area contributed by atoms with Crippen LogP contribution in [0.2, 0.25) is 5.02 Å². The summed E-state index contributed by atoms with van der Waals surface area (Å²) < 4.78 is 0. The van der Waals surface area contributed by atoms with Gasteiger partial charge in [-0.3, -0.25) is 4.99 Å². The normalized spacial score (nSPS) is 16.8. The van der Waals surface area contributed by atoms with E-state index in [2.05, 4.69) is 17.2 Å². The smallest absolute Gasteiger partial charge is 0.307 e. The van der Waals surface area contributed by atoms with Gasteiger partial charge in [0.25, 0.3) is 0 Å². The number of anilines is 2. The number of aliphatic imine (C=N–C) groups is 1. The van der Waals surface area contributed by atoms with E-state index in [1.54, 1.807) is 40.9 Å². The van der Waals surface area contributed by atoms with Gasteiger partial charge in [-0.25, -0.2) is 9.69 Å². The minimum atomic E-state index is -0.237. The van der Waals surface area contributed by atoms with E-state index in [-0.39, 0.29) is 6.03 Å². The second-order valence-corrected chi connectivity index (χ2v) is 7.00. The van der Waals surface area contributed by atoms with Crippen LogP contribution in [-0.2, 0) is 0 Å². The van der Waals surface area contributed by atoms with Crippen molar-refractivity contribution in [3.05, 3.63) is 59.6 Å². The number of carbonyl (C=O) groups excluding carboxylic acids is 1. The predicted molar refractivity (Wildman–Crippen MR) is 98.7 cm³/mol. The van der Waals surface area contributed by atoms with Crippen molar-refractivity contribution >= 4 is 45.9 Å². The first-order valence-electron chi connectivity index (χ1n) is 7.26. The SMILES string of the molecule is C[C@@H]1CN=C(N(C(=O)Nc2ccc(Cl)cc2)c2ccccc2)S1. The van der Waals surface area contributed by atoms with Crippen LogP contribution in [0.25, 0.3) is 0 Å². The van der Waals surface area contributed by atoms with Crippen LogP contribution in [0.4, 0.5) is 16.2 Å². The molecule has 2 aromatic carbocycles. The molecule has 2 aromatic rings. The van der Waals surface area contributed by atoms with Crippen molar-refractivity contribution in [1.29, 1.82) is 0 Å². The van der Waals surface area contributed by atoms with Gasteiger partial charge in [0.1, 0.15) is 0 Å². The maximum atomic E-state index is 12.8. The van der Waals surface area contributed by atoms with Crippen LogP contribution in [-0.4, -0.2) is 23.0 Å². The number of amides is 2. The molecule has 0 fully saturated rings. The van der Waals surface area contributed by atoms with Crippen LogP contribution in [0.1, 0.15) is 6.92 Å². The zero-order valence-corrected chi connectivity index (χ0v) is 14.1. The minimum Gasteiger partial charge on any atom is -0.307 e. The van der Waals surface area contributed by atoms with Gasteiger partial charge in [0.05, 0.1) is 12.2 Å². The van der Waals surface area contributed by atoms with E-state index in [4.69, 9.17) is 11.6 Å². The maximum Gasteiger partial charge on any atom is 0.332 e. The van der Waals surface area contributed by atoms with Crippen LogP contribution < -0.4 is 10.2 Å². The molecule has 1 aliphatic rings. The van der Waals surface area contributed by atoms with Gasteiger partial charge in [0.2, 0.25) is 0 Å². The third-order valence-corrected chi connectivity index (χ3v) is 4.62. The van der Waals surface area contributed by atoms with Crippen molar-refractivity contribution in [2.24, 2.45) is 4.99 Å². The molecule has 1 heterocycles. The quantitative estimate of drug-likeness (QED) is 0.843. The summed E-state index contributed by atoms with van der Waals surface area (Å²) >= 11 is 7.48. The summed E-state index contributed by atoms with van der Waals surface area (Å²) in [6, 6.07) is 16.3. The molecule has 0 unspecified atom stereocenters. The molecule has 6 heteroatoms. The highest BCUT2D eigenvalue weighted by Gasteiger charge is 2.27. The van der Waals surface area contributed by atoms with Crippen LogP contribution in [0.15, 0.2) is 59.6 Å². The molecule has 1 aliphatic heterocycles. The van der Waals surface area contributed by atoms with Crippen molar-refractivity contribution in [1.82, 2.24) is 0 Å². The van der Waals surface area contributed by atoms with Gasteiger partial charge in [-0.1, -0.05) is 48.5 Å². The number of urea groups is 1. The standard InChI is InChI=1S/C17H16ClN3OS/c1-12-11-19-17(23-12)21(15-5-3-2-4-6-15)16(22)20-14-9-7-13(18)8-10-14/h2-10,12H,11H2,1H3,(H,20,22)/t12-/m1/s1. The van der Waals surface area contributed by atoms with E-state index < -0.39 is 0 Å². The van der Waals surface area contributed by atoms with Crippen molar-refractivity contribution in [2.75, 3.05) is 16.8 Å². The van der Waals surface area contributed by atoms with Crippen LogP contribution in [0, 0.1) is 0 Å². The number of hydrogen-bond acceptors (Lipinski definition) is 3. The molecular weight excluding hydrogens is 330 g/mol. The average molecular weight is 346 g/mol. The first-order valence-corrected chi connectivity index (χ1v) is 8.52. The molecule has 4 nitrogen and oxygen atoms in total. The molecule has 0 bridgehead atoms. The zero-order valence-electron chi connectivity index (χ0n) is 12.6. The zero-order chi connectivity index (χ0) is 16.2. The number of hydrogen-bond donors (Lipinski definition) is 1. The summed E-state index contributed by atoms with van der Waals surface area (Å²) in [7, 11) is 0. The van der Waals surface area contributed by atoms with Crippen molar-refractivity contribution < 1.29 is 4.79 Å².